The molecule has 2 aliphatic rings. The first-order valence-electron chi connectivity index (χ1n) is 8.13. The van der Waals surface area contributed by atoms with Crippen molar-refractivity contribution in [2.75, 3.05) is 18.4 Å². The maximum atomic E-state index is 12.0. The first-order valence-corrected chi connectivity index (χ1v) is 9.01. The molecule has 2 aromatic rings. The average Bonchev–Trinajstić information content (AvgIpc) is 3.25. The molecule has 2 heterocycles. The summed E-state index contributed by atoms with van der Waals surface area (Å²) in [5, 5.41) is 6.10. The van der Waals surface area contributed by atoms with Crippen LogP contribution in [0.25, 0.3) is 11.8 Å². The molecule has 0 saturated carbocycles. The van der Waals surface area contributed by atoms with Crippen molar-refractivity contribution in [3.8, 4) is 0 Å². The van der Waals surface area contributed by atoms with E-state index in [2.05, 4.69) is 20.6 Å². The number of nitrogens with one attached hydrogen (secondary N) is 1. The number of nitrogens with zero attached hydrogens (tertiary/aromatic N) is 2. The lowest BCUT2D eigenvalue weighted by Gasteiger charge is -2.16. The second kappa shape index (κ2) is 6.99. The zero-order valence-corrected chi connectivity index (χ0v) is 14.4. The van der Waals surface area contributed by atoms with Gasteiger partial charge in [-0.05, 0) is 29.3 Å². The number of anilines is 1. The number of carbonyl (C=O) groups is 1. The molecule has 0 spiro atoms. The van der Waals surface area contributed by atoms with E-state index in [-0.39, 0.29) is 5.91 Å². The third kappa shape index (κ3) is 3.51. The third-order valence-electron chi connectivity index (χ3n) is 4.04. The number of amidine groups is 1. The van der Waals surface area contributed by atoms with Crippen molar-refractivity contribution in [1.29, 1.82) is 0 Å². The van der Waals surface area contributed by atoms with Crippen molar-refractivity contribution >= 4 is 40.3 Å². The first kappa shape index (κ1) is 15.7. The van der Waals surface area contributed by atoms with Gasteiger partial charge in [-0.3, -0.25) is 9.79 Å². The quantitative estimate of drug-likeness (QED) is 0.849. The summed E-state index contributed by atoms with van der Waals surface area (Å²) in [5.41, 5.74) is 4.11. The highest BCUT2D eigenvalue weighted by atomic mass is 32.2. The number of carbonyl (C=O) groups excluding carboxylic acids is 1. The van der Waals surface area contributed by atoms with Crippen LogP contribution in [0.15, 0.2) is 71.1 Å². The molecular formula is C20H17N3OS. The monoisotopic (exact) mass is 347 g/mol. The fourth-order valence-corrected chi connectivity index (χ4v) is 3.75. The number of hydrogen-bond donors (Lipinski definition) is 1. The van der Waals surface area contributed by atoms with E-state index in [0.29, 0.717) is 0 Å². The Balaban J connectivity index is 1.40. The van der Waals surface area contributed by atoms with Crippen LogP contribution in [-0.2, 0) is 4.79 Å². The van der Waals surface area contributed by atoms with Crippen molar-refractivity contribution in [3.63, 3.8) is 0 Å². The number of thioether (sulfide) groups is 1. The molecule has 0 bridgehead atoms. The highest BCUT2D eigenvalue weighted by Crippen LogP contribution is 2.35. The van der Waals surface area contributed by atoms with Crippen LogP contribution in [0.1, 0.15) is 11.1 Å². The zero-order chi connectivity index (χ0) is 17.1. The molecule has 0 aliphatic carbocycles. The van der Waals surface area contributed by atoms with Crippen LogP contribution in [0.4, 0.5) is 5.69 Å². The van der Waals surface area contributed by atoms with E-state index in [0.717, 1.165) is 35.1 Å². The third-order valence-corrected chi connectivity index (χ3v) is 4.94. The SMILES string of the molecule is O=C(C=Cc1ccccc1)Nc1ccc(C2=CSC3=NCCN23)cc1. The summed E-state index contributed by atoms with van der Waals surface area (Å²) in [6.45, 7) is 1.80. The van der Waals surface area contributed by atoms with E-state index in [1.807, 2.05) is 54.6 Å². The Hall–Kier alpha value is -2.79. The Morgan fingerprint density at radius 2 is 1.92 bits per heavy atom. The fraction of sp³-hybridized carbons (Fsp3) is 0.100. The standard InChI is InChI=1S/C20H17N3OS/c24-19(11-6-15-4-2-1-3-5-15)22-17-9-7-16(8-10-17)18-14-25-20-21-12-13-23(18)20/h1-11,14H,12-13H2,(H,22,24). The molecule has 2 aromatic carbocycles. The minimum absolute atomic E-state index is 0.138. The molecule has 124 valence electrons. The summed E-state index contributed by atoms with van der Waals surface area (Å²) in [5.74, 6) is -0.138. The molecule has 0 saturated heterocycles. The van der Waals surface area contributed by atoms with Crippen LogP contribution in [-0.4, -0.2) is 29.1 Å². The van der Waals surface area contributed by atoms with Crippen molar-refractivity contribution in [1.82, 2.24) is 4.90 Å². The minimum Gasteiger partial charge on any atom is -0.323 e. The van der Waals surface area contributed by atoms with Gasteiger partial charge in [0.25, 0.3) is 0 Å². The normalized spacial score (nSPS) is 15.9. The van der Waals surface area contributed by atoms with Crippen molar-refractivity contribution < 1.29 is 4.79 Å². The smallest absolute Gasteiger partial charge is 0.248 e. The summed E-state index contributed by atoms with van der Waals surface area (Å²) < 4.78 is 0. The molecule has 4 nitrogen and oxygen atoms in total. The van der Waals surface area contributed by atoms with Crippen LogP contribution >= 0.6 is 11.8 Å². The summed E-state index contributed by atoms with van der Waals surface area (Å²) in [7, 11) is 0. The Kier molecular flexibility index (Phi) is 4.39. The van der Waals surface area contributed by atoms with Crippen molar-refractivity contribution in [2.45, 2.75) is 0 Å². The summed E-state index contributed by atoms with van der Waals surface area (Å²) >= 11 is 1.67. The minimum atomic E-state index is -0.138. The van der Waals surface area contributed by atoms with Gasteiger partial charge in [-0.1, -0.05) is 54.2 Å². The number of fused-ring (bicyclic) bond motifs is 1. The van der Waals surface area contributed by atoms with E-state index in [1.165, 1.54) is 5.70 Å². The second-order valence-corrected chi connectivity index (χ2v) is 6.58. The van der Waals surface area contributed by atoms with Gasteiger partial charge < -0.3 is 10.2 Å². The number of benzene rings is 2. The molecule has 1 N–H and O–H groups in total. The maximum absolute atomic E-state index is 12.0. The number of aliphatic imine (C=N–C) groups is 1. The average molecular weight is 347 g/mol. The van der Waals surface area contributed by atoms with Crippen molar-refractivity contribution in [2.24, 2.45) is 4.99 Å². The van der Waals surface area contributed by atoms with Gasteiger partial charge in [0.15, 0.2) is 5.17 Å². The molecule has 0 fully saturated rings. The molecule has 25 heavy (non-hydrogen) atoms. The van der Waals surface area contributed by atoms with Gasteiger partial charge in [0, 0.05) is 23.7 Å². The predicted molar refractivity (Wildman–Crippen MR) is 105 cm³/mol. The largest absolute Gasteiger partial charge is 0.323 e. The van der Waals surface area contributed by atoms with E-state index in [9.17, 15) is 4.79 Å². The molecule has 0 radical (unpaired) electrons. The van der Waals surface area contributed by atoms with Gasteiger partial charge in [-0.15, -0.1) is 0 Å². The molecule has 0 unspecified atom stereocenters. The zero-order valence-electron chi connectivity index (χ0n) is 13.6. The molecule has 0 atom stereocenters. The lowest BCUT2D eigenvalue weighted by molar-refractivity contribution is -0.111. The number of hydrogen-bond acceptors (Lipinski definition) is 4. The highest BCUT2D eigenvalue weighted by molar-refractivity contribution is 8.16. The molecule has 5 heteroatoms. The molecule has 2 aliphatic heterocycles. The van der Waals surface area contributed by atoms with Gasteiger partial charge in [-0.2, -0.15) is 0 Å². The molecule has 1 amide bonds. The van der Waals surface area contributed by atoms with Gasteiger partial charge in [0.2, 0.25) is 5.91 Å². The number of rotatable bonds is 4. The Morgan fingerprint density at radius 3 is 2.72 bits per heavy atom. The van der Waals surface area contributed by atoms with Crippen LogP contribution < -0.4 is 5.32 Å². The predicted octanol–water partition coefficient (Wildman–Crippen LogP) is 4.06. The second-order valence-electron chi connectivity index (χ2n) is 5.75. The lowest BCUT2D eigenvalue weighted by atomic mass is 10.1. The van der Waals surface area contributed by atoms with Gasteiger partial charge in [-0.25, -0.2) is 0 Å². The molecule has 0 aromatic heterocycles. The Morgan fingerprint density at radius 1 is 1.12 bits per heavy atom. The van der Waals surface area contributed by atoms with Gasteiger partial charge in [0.05, 0.1) is 12.2 Å². The summed E-state index contributed by atoms with van der Waals surface area (Å²) in [6, 6.07) is 17.7. The van der Waals surface area contributed by atoms with Crippen molar-refractivity contribution in [3.05, 3.63) is 77.2 Å². The topological polar surface area (TPSA) is 44.7 Å². The van der Waals surface area contributed by atoms with Crippen LogP contribution in [0.5, 0.6) is 0 Å². The molecule has 4 rings (SSSR count). The lowest BCUT2D eigenvalue weighted by Crippen LogP contribution is -2.19. The van der Waals surface area contributed by atoms with E-state index < -0.39 is 0 Å². The Labute approximate surface area is 151 Å². The van der Waals surface area contributed by atoms with E-state index in [4.69, 9.17) is 0 Å². The summed E-state index contributed by atoms with van der Waals surface area (Å²) in [4.78, 5) is 18.7. The van der Waals surface area contributed by atoms with Gasteiger partial charge >= 0.3 is 0 Å². The first-order chi connectivity index (χ1) is 12.3. The fourth-order valence-electron chi connectivity index (χ4n) is 2.79. The van der Waals surface area contributed by atoms with E-state index in [1.54, 1.807) is 23.9 Å². The summed E-state index contributed by atoms with van der Waals surface area (Å²) in [6.07, 6.45) is 3.35. The van der Waals surface area contributed by atoms with Crippen LogP contribution in [0, 0.1) is 0 Å². The Bertz CT molecular complexity index is 870. The van der Waals surface area contributed by atoms with Crippen LogP contribution in [0.2, 0.25) is 0 Å². The van der Waals surface area contributed by atoms with E-state index >= 15 is 0 Å². The van der Waals surface area contributed by atoms with Crippen LogP contribution in [0.3, 0.4) is 0 Å². The molecular weight excluding hydrogens is 330 g/mol. The highest BCUT2D eigenvalue weighted by Gasteiger charge is 2.26. The number of amides is 1. The maximum Gasteiger partial charge on any atom is 0.248 e. The van der Waals surface area contributed by atoms with Gasteiger partial charge in [0.1, 0.15) is 0 Å².